The molecule has 0 bridgehead atoms. The highest BCUT2D eigenvalue weighted by atomic mass is 16.5. The maximum Gasteiger partial charge on any atom is 0.320 e. The number of carbonyl (C=O) groups excluding carboxylic acids is 1. The minimum absolute atomic E-state index is 0.105. The lowest BCUT2D eigenvalue weighted by atomic mass is 10.0. The Kier molecular flexibility index (Phi) is 6.95. The molecule has 0 radical (unpaired) electrons. The van der Waals surface area contributed by atoms with Gasteiger partial charge in [-0.1, -0.05) is 26.7 Å². The molecule has 1 aliphatic heterocycles. The first kappa shape index (κ1) is 17.8. The Morgan fingerprint density at radius 1 is 1.24 bits per heavy atom. The maximum absolute atomic E-state index is 12.6. The SMILES string of the molecule is CCC(CC)CN(CC)C(=O)N(C)C1COCC1C(=O)O. The predicted octanol–water partition coefficient (Wildman–Crippen LogP) is 1.90. The molecule has 0 saturated carbocycles. The second-order valence-corrected chi connectivity index (χ2v) is 5.66. The number of carboxylic acids is 1. The topological polar surface area (TPSA) is 70.1 Å². The molecule has 0 aromatic carbocycles. The van der Waals surface area contributed by atoms with Gasteiger partial charge in [0.15, 0.2) is 0 Å². The zero-order valence-corrected chi connectivity index (χ0v) is 13.5. The number of hydrogen-bond acceptors (Lipinski definition) is 3. The summed E-state index contributed by atoms with van der Waals surface area (Å²) in [6, 6.07) is -0.489. The van der Waals surface area contributed by atoms with Gasteiger partial charge in [0.1, 0.15) is 5.92 Å². The van der Waals surface area contributed by atoms with Crippen molar-refractivity contribution >= 4 is 12.0 Å². The van der Waals surface area contributed by atoms with Crippen LogP contribution in [0, 0.1) is 11.8 Å². The van der Waals surface area contributed by atoms with Gasteiger partial charge in [-0.15, -0.1) is 0 Å². The number of ether oxygens (including phenoxy) is 1. The van der Waals surface area contributed by atoms with Crippen molar-refractivity contribution in [3.05, 3.63) is 0 Å². The lowest BCUT2D eigenvalue weighted by Gasteiger charge is -2.33. The van der Waals surface area contributed by atoms with Gasteiger partial charge in [-0.2, -0.15) is 0 Å². The van der Waals surface area contributed by atoms with Crippen LogP contribution in [0.15, 0.2) is 0 Å². The molecule has 122 valence electrons. The van der Waals surface area contributed by atoms with E-state index in [0.717, 1.165) is 19.4 Å². The Morgan fingerprint density at radius 3 is 2.33 bits per heavy atom. The van der Waals surface area contributed by atoms with Gasteiger partial charge in [0.05, 0.1) is 19.3 Å². The molecule has 2 atom stereocenters. The van der Waals surface area contributed by atoms with Crippen molar-refractivity contribution in [1.29, 1.82) is 0 Å². The fraction of sp³-hybridized carbons (Fsp3) is 0.867. The summed E-state index contributed by atoms with van der Waals surface area (Å²) in [5.41, 5.74) is 0. The molecule has 0 spiro atoms. The van der Waals surface area contributed by atoms with E-state index < -0.39 is 11.9 Å². The van der Waals surface area contributed by atoms with Gasteiger partial charge in [-0.05, 0) is 12.8 Å². The van der Waals surface area contributed by atoms with E-state index in [4.69, 9.17) is 4.74 Å². The van der Waals surface area contributed by atoms with E-state index in [1.54, 1.807) is 11.9 Å². The van der Waals surface area contributed by atoms with E-state index >= 15 is 0 Å². The largest absolute Gasteiger partial charge is 0.481 e. The van der Waals surface area contributed by atoms with Gasteiger partial charge >= 0.3 is 12.0 Å². The molecule has 1 aliphatic rings. The third-order valence-electron chi connectivity index (χ3n) is 4.45. The van der Waals surface area contributed by atoms with E-state index in [1.807, 2.05) is 6.92 Å². The van der Waals surface area contributed by atoms with Gasteiger partial charge in [-0.3, -0.25) is 4.79 Å². The van der Waals surface area contributed by atoms with Gasteiger partial charge in [0.2, 0.25) is 0 Å². The van der Waals surface area contributed by atoms with Crippen LogP contribution in [-0.2, 0) is 9.53 Å². The number of aliphatic carboxylic acids is 1. The standard InChI is InChI=1S/C15H28N2O4/c1-5-11(6-2)8-17(7-3)15(20)16(4)13-10-21-9-12(13)14(18)19/h11-13H,5-10H2,1-4H3,(H,18,19). The average molecular weight is 300 g/mol. The Morgan fingerprint density at radius 2 is 1.86 bits per heavy atom. The first-order valence-electron chi connectivity index (χ1n) is 7.78. The lowest BCUT2D eigenvalue weighted by molar-refractivity contribution is -0.142. The number of amides is 2. The predicted molar refractivity (Wildman–Crippen MR) is 80.2 cm³/mol. The first-order valence-corrected chi connectivity index (χ1v) is 7.78. The second-order valence-electron chi connectivity index (χ2n) is 5.66. The summed E-state index contributed by atoms with van der Waals surface area (Å²) in [7, 11) is 1.67. The van der Waals surface area contributed by atoms with Crippen LogP contribution in [-0.4, -0.2) is 66.3 Å². The van der Waals surface area contributed by atoms with E-state index in [9.17, 15) is 14.7 Å². The summed E-state index contributed by atoms with van der Waals surface area (Å²) in [6.45, 7) is 8.03. The summed E-state index contributed by atoms with van der Waals surface area (Å²) in [5.74, 6) is -1.05. The number of urea groups is 1. The van der Waals surface area contributed by atoms with Gasteiger partial charge in [0, 0.05) is 20.1 Å². The van der Waals surface area contributed by atoms with Crippen molar-refractivity contribution in [1.82, 2.24) is 9.80 Å². The third kappa shape index (κ3) is 4.33. The van der Waals surface area contributed by atoms with Crippen LogP contribution in [0.2, 0.25) is 0 Å². The van der Waals surface area contributed by atoms with Crippen LogP contribution in [0.5, 0.6) is 0 Å². The van der Waals surface area contributed by atoms with Crippen LogP contribution in [0.25, 0.3) is 0 Å². The van der Waals surface area contributed by atoms with Crippen LogP contribution in [0.4, 0.5) is 4.79 Å². The molecule has 0 aromatic heterocycles. The summed E-state index contributed by atoms with van der Waals surface area (Å²) in [4.78, 5) is 27.2. The quantitative estimate of drug-likeness (QED) is 0.779. The Labute approximate surface area is 127 Å². The fourth-order valence-electron chi connectivity index (χ4n) is 2.73. The van der Waals surface area contributed by atoms with Crippen molar-refractivity contribution in [2.24, 2.45) is 11.8 Å². The highest BCUT2D eigenvalue weighted by Gasteiger charge is 2.39. The van der Waals surface area contributed by atoms with Crippen LogP contribution in [0.1, 0.15) is 33.6 Å². The Balaban J connectivity index is 2.72. The molecule has 21 heavy (non-hydrogen) atoms. The molecule has 0 aliphatic carbocycles. The lowest BCUT2D eigenvalue weighted by Crippen LogP contribution is -2.50. The minimum Gasteiger partial charge on any atom is -0.481 e. The molecule has 0 aromatic rings. The number of carbonyl (C=O) groups is 2. The first-order chi connectivity index (χ1) is 9.96. The van der Waals surface area contributed by atoms with Gasteiger partial charge < -0.3 is 19.6 Å². The molecule has 1 heterocycles. The van der Waals surface area contributed by atoms with Crippen molar-refractivity contribution in [2.45, 2.75) is 39.7 Å². The van der Waals surface area contributed by atoms with Gasteiger partial charge in [-0.25, -0.2) is 4.79 Å². The number of hydrogen-bond donors (Lipinski definition) is 1. The van der Waals surface area contributed by atoms with Crippen LogP contribution < -0.4 is 0 Å². The number of nitrogens with zero attached hydrogens (tertiary/aromatic N) is 2. The molecule has 2 amide bonds. The zero-order chi connectivity index (χ0) is 16.0. The molecule has 6 nitrogen and oxygen atoms in total. The van der Waals surface area contributed by atoms with E-state index in [2.05, 4.69) is 13.8 Å². The van der Waals surface area contributed by atoms with Gasteiger partial charge in [0.25, 0.3) is 0 Å². The summed E-state index contributed by atoms with van der Waals surface area (Å²) in [6.07, 6.45) is 2.07. The number of carboxylic acid groups (broad SMARTS) is 1. The van der Waals surface area contributed by atoms with Crippen LogP contribution in [0.3, 0.4) is 0 Å². The summed E-state index contributed by atoms with van der Waals surface area (Å²) in [5, 5.41) is 9.20. The van der Waals surface area contributed by atoms with E-state index in [-0.39, 0.29) is 18.7 Å². The highest BCUT2D eigenvalue weighted by molar-refractivity contribution is 5.77. The maximum atomic E-state index is 12.6. The molecule has 1 saturated heterocycles. The molecular weight excluding hydrogens is 272 g/mol. The Bertz CT molecular complexity index is 358. The number of rotatable bonds is 7. The van der Waals surface area contributed by atoms with E-state index in [1.165, 1.54) is 4.90 Å². The monoisotopic (exact) mass is 300 g/mol. The molecule has 1 N–H and O–H groups in total. The van der Waals surface area contributed by atoms with Crippen LogP contribution >= 0.6 is 0 Å². The molecule has 2 unspecified atom stereocenters. The minimum atomic E-state index is -0.903. The summed E-state index contributed by atoms with van der Waals surface area (Å²) < 4.78 is 5.25. The molecule has 6 heteroatoms. The normalized spacial score (nSPS) is 21.6. The van der Waals surface area contributed by atoms with Crippen molar-refractivity contribution in [3.63, 3.8) is 0 Å². The zero-order valence-electron chi connectivity index (χ0n) is 13.5. The molecule has 1 rings (SSSR count). The molecular formula is C15H28N2O4. The second kappa shape index (κ2) is 8.22. The third-order valence-corrected chi connectivity index (χ3v) is 4.45. The average Bonchev–Trinajstić information content (AvgIpc) is 2.97. The summed E-state index contributed by atoms with van der Waals surface area (Å²) >= 11 is 0. The van der Waals surface area contributed by atoms with E-state index in [0.29, 0.717) is 19.1 Å². The van der Waals surface area contributed by atoms with Crippen molar-refractivity contribution < 1.29 is 19.4 Å². The smallest absolute Gasteiger partial charge is 0.320 e. The van der Waals surface area contributed by atoms with Crippen molar-refractivity contribution in [2.75, 3.05) is 33.4 Å². The Hall–Kier alpha value is -1.30. The van der Waals surface area contributed by atoms with Crippen molar-refractivity contribution in [3.8, 4) is 0 Å². The molecule has 1 fully saturated rings. The number of likely N-dealkylation sites (N-methyl/N-ethyl adjacent to an activating group) is 1. The highest BCUT2D eigenvalue weighted by Crippen LogP contribution is 2.21. The fourth-order valence-corrected chi connectivity index (χ4v) is 2.73.